The van der Waals surface area contributed by atoms with Crippen LogP contribution >= 0.6 is 23.2 Å². The Bertz CT molecular complexity index is 903. The van der Waals surface area contributed by atoms with Crippen LogP contribution in [0.25, 0.3) is 23.5 Å². The van der Waals surface area contributed by atoms with Crippen LogP contribution in [0.1, 0.15) is 11.5 Å². The molecule has 0 aliphatic heterocycles. The Labute approximate surface area is 148 Å². The zero-order valence-electron chi connectivity index (χ0n) is 12.4. The largest absolute Gasteiger partial charge is 0.465 e. The van der Waals surface area contributed by atoms with Crippen molar-refractivity contribution in [3.63, 3.8) is 0 Å². The first kappa shape index (κ1) is 16.4. The van der Waals surface area contributed by atoms with Crippen molar-refractivity contribution in [1.29, 1.82) is 0 Å². The lowest BCUT2D eigenvalue weighted by Gasteiger charge is -1.99. The molecule has 0 bridgehead atoms. The zero-order valence-corrected chi connectivity index (χ0v) is 13.9. The fourth-order valence-electron chi connectivity index (χ4n) is 2.02. The molecular weight excluding hydrogens is 347 g/mol. The first-order valence-electron chi connectivity index (χ1n) is 7.11. The molecule has 0 unspecified atom stereocenters. The molecule has 0 fully saturated rings. The van der Waals surface area contributed by atoms with Crippen molar-refractivity contribution in [2.45, 2.75) is 0 Å². The Hall–Kier alpha value is -2.49. The molecule has 2 heterocycles. The summed E-state index contributed by atoms with van der Waals surface area (Å²) in [7, 11) is 0. The molecule has 3 rings (SSSR count). The van der Waals surface area contributed by atoms with Gasteiger partial charge in [0.2, 0.25) is 0 Å². The third-order valence-electron chi connectivity index (χ3n) is 3.20. The molecule has 24 heavy (non-hydrogen) atoms. The highest BCUT2D eigenvalue weighted by molar-refractivity contribution is 6.42. The molecule has 0 aliphatic carbocycles. The van der Waals surface area contributed by atoms with Crippen molar-refractivity contribution in [1.82, 2.24) is 0 Å². The summed E-state index contributed by atoms with van der Waals surface area (Å²) < 4.78 is 10.8. The van der Waals surface area contributed by atoms with Gasteiger partial charge in [-0.15, -0.1) is 0 Å². The number of furan rings is 2. The maximum Gasteiger partial charge on any atom is 0.178 e. The van der Waals surface area contributed by atoms with Crippen LogP contribution in [-0.4, -0.2) is 5.78 Å². The third kappa shape index (κ3) is 4.07. The van der Waals surface area contributed by atoms with Crippen molar-refractivity contribution >= 4 is 41.1 Å². The lowest BCUT2D eigenvalue weighted by atomic mass is 10.2. The molecule has 3 aromatic rings. The van der Waals surface area contributed by atoms with Gasteiger partial charge < -0.3 is 8.83 Å². The predicted molar refractivity (Wildman–Crippen MR) is 95.9 cm³/mol. The van der Waals surface area contributed by atoms with Gasteiger partial charge in [-0.1, -0.05) is 23.2 Å². The number of ketones is 1. The van der Waals surface area contributed by atoms with E-state index in [2.05, 4.69) is 0 Å². The van der Waals surface area contributed by atoms with E-state index in [9.17, 15) is 4.79 Å². The van der Waals surface area contributed by atoms with Crippen LogP contribution in [0.2, 0.25) is 10.0 Å². The van der Waals surface area contributed by atoms with Crippen LogP contribution < -0.4 is 0 Å². The second-order valence-electron chi connectivity index (χ2n) is 4.92. The molecule has 120 valence electrons. The molecule has 3 nitrogen and oxygen atoms in total. The maximum atomic E-state index is 11.8. The Morgan fingerprint density at radius 1 is 0.917 bits per heavy atom. The number of hydrogen-bond donors (Lipinski definition) is 0. The molecule has 0 radical (unpaired) electrons. The predicted octanol–water partition coefficient (Wildman–Crippen LogP) is 6.14. The van der Waals surface area contributed by atoms with Gasteiger partial charge in [0, 0.05) is 5.56 Å². The average Bonchev–Trinajstić information content (AvgIpc) is 3.25. The van der Waals surface area contributed by atoms with Gasteiger partial charge in [-0.25, -0.2) is 0 Å². The fourth-order valence-corrected chi connectivity index (χ4v) is 2.32. The summed E-state index contributed by atoms with van der Waals surface area (Å²) in [6, 6.07) is 12.4. The number of hydrogen-bond acceptors (Lipinski definition) is 3. The smallest absolute Gasteiger partial charge is 0.178 e. The van der Waals surface area contributed by atoms with Gasteiger partial charge in [0.1, 0.15) is 17.3 Å². The van der Waals surface area contributed by atoms with Gasteiger partial charge in [-0.2, -0.15) is 0 Å². The molecule has 0 saturated heterocycles. The number of rotatable bonds is 5. The van der Waals surface area contributed by atoms with Crippen molar-refractivity contribution < 1.29 is 13.6 Å². The molecule has 0 aliphatic rings. The zero-order chi connectivity index (χ0) is 16.9. The van der Waals surface area contributed by atoms with E-state index in [4.69, 9.17) is 32.0 Å². The van der Waals surface area contributed by atoms with E-state index in [-0.39, 0.29) is 5.78 Å². The first-order chi connectivity index (χ1) is 11.6. The number of carbonyl (C=O) groups excluding carboxylic acids is 1. The summed E-state index contributed by atoms with van der Waals surface area (Å²) in [6.07, 6.45) is 7.62. The number of allylic oxidation sites excluding steroid dienone is 2. The third-order valence-corrected chi connectivity index (χ3v) is 3.94. The normalized spacial score (nSPS) is 11.6. The molecule has 0 amide bonds. The van der Waals surface area contributed by atoms with E-state index in [0.717, 1.165) is 5.56 Å². The minimum Gasteiger partial charge on any atom is -0.465 e. The minimum atomic E-state index is -0.168. The summed E-state index contributed by atoms with van der Waals surface area (Å²) in [5, 5.41) is 0.946. The summed E-state index contributed by atoms with van der Waals surface area (Å²) >= 11 is 11.9. The summed E-state index contributed by atoms with van der Waals surface area (Å²) in [5.74, 6) is 1.66. The fraction of sp³-hybridized carbons (Fsp3) is 0. The van der Waals surface area contributed by atoms with E-state index < -0.39 is 0 Å². The van der Waals surface area contributed by atoms with Gasteiger partial charge in [0.15, 0.2) is 5.78 Å². The molecule has 1 aromatic carbocycles. The highest BCUT2D eigenvalue weighted by Crippen LogP contribution is 2.29. The highest BCUT2D eigenvalue weighted by Gasteiger charge is 2.06. The van der Waals surface area contributed by atoms with E-state index in [1.807, 2.05) is 12.1 Å². The number of halogens is 2. The SMILES string of the molecule is O=C(/C=C/c1ccco1)/C=C/c1ccc(-c2ccc(Cl)c(Cl)c2)o1. The minimum absolute atomic E-state index is 0.168. The van der Waals surface area contributed by atoms with Gasteiger partial charge in [0.05, 0.1) is 16.3 Å². The standard InChI is InChI=1S/C19H12Cl2O3/c20-17-9-3-13(12-18(17)21)19-10-8-16(24-19)7-5-14(22)4-6-15-2-1-11-23-15/h1-12H/b6-4+,7-5+. The van der Waals surface area contributed by atoms with Gasteiger partial charge in [0.25, 0.3) is 0 Å². The summed E-state index contributed by atoms with van der Waals surface area (Å²) in [6.45, 7) is 0. The van der Waals surface area contributed by atoms with Crippen molar-refractivity contribution in [2.75, 3.05) is 0 Å². The van der Waals surface area contributed by atoms with Crippen molar-refractivity contribution in [3.8, 4) is 11.3 Å². The number of benzene rings is 1. The Kier molecular flexibility index (Phi) is 5.04. The second-order valence-corrected chi connectivity index (χ2v) is 5.73. The molecule has 0 spiro atoms. The quantitative estimate of drug-likeness (QED) is 0.514. The second kappa shape index (κ2) is 7.39. The Balaban J connectivity index is 1.69. The van der Waals surface area contributed by atoms with Crippen LogP contribution in [0.4, 0.5) is 0 Å². The van der Waals surface area contributed by atoms with Crippen LogP contribution in [-0.2, 0) is 4.79 Å². The van der Waals surface area contributed by atoms with Gasteiger partial charge in [-0.3, -0.25) is 4.79 Å². The van der Waals surface area contributed by atoms with Gasteiger partial charge in [-0.05, 0) is 66.8 Å². The Morgan fingerprint density at radius 3 is 2.42 bits per heavy atom. The van der Waals surface area contributed by atoms with E-state index in [1.165, 1.54) is 12.2 Å². The molecule has 0 saturated carbocycles. The lowest BCUT2D eigenvalue weighted by molar-refractivity contribution is -0.110. The van der Waals surface area contributed by atoms with E-state index in [1.54, 1.807) is 48.7 Å². The molecule has 2 aromatic heterocycles. The van der Waals surface area contributed by atoms with Gasteiger partial charge >= 0.3 is 0 Å². The summed E-state index contributed by atoms with van der Waals surface area (Å²) in [5.41, 5.74) is 0.813. The summed E-state index contributed by atoms with van der Waals surface area (Å²) in [4.78, 5) is 11.8. The maximum absolute atomic E-state index is 11.8. The molecule has 0 N–H and O–H groups in total. The van der Waals surface area contributed by atoms with E-state index in [0.29, 0.717) is 27.3 Å². The Morgan fingerprint density at radius 2 is 1.71 bits per heavy atom. The monoisotopic (exact) mass is 358 g/mol. The first-order valence-corrected chi connectivity index (χ1v) is 7.86. The topological polar surface area (TPSA) is 43.4 Å². The highest BCUT2D eigenvalue weighted by atomic mass is 35.5. The van der Waals surface area contributed by atoms with Crippen LogP contribution in [0.5, 0.6) is 0 Å². The van der Waals surface area contributed by atoms with Crippen molar-refractivity contribution in [3.05, 3.63) is 82.4 Å². The average molecular weight is 359 g/mol. The molecular formula is C19H12Cl2O3. The van der Waals surface area contributed by atoms with Crippen molar-refractivity contribution in [2.24, 2.45) is 0 Å². The van der Waals surface area contributed by atoms with Crippen LogP contribution in [0.3, 0.4) is 0 Å². The lowest BCUT2D eigenvalue weighted by Crippen LogP contribution is -1.83. The van der Waals surface area contributed by atoms with Crippen LogP contribution in [0.15, 0.2) is 69.7 Å². The molecule has 5 heteroatoms. The molecule has 0 atom stereocenters. The number of carbonyl (C=O) groups is 1. The van der Waals surface area contributed by atoms with Crippen LogP contribution in [0, 0.1) is 0 Å². The van der Waals surface area contributed by atoms with E-state index >= 15 is 0 Å².